The fourth-order valence-electron chi connectivity index (χ4n) is 9.68. The van der Waals surface area contributed by atoms with Crippen LogP contribution in [0.5, 0.6) is 0 Å². The summed E-state index contributed by atoms with van der Waals surface area (Å²) in [5.41, 5.74) is 0. The number of esters is 3. The topological polar surface area (TPSA) is 78.9 Å². The number of rotatable bonds is 63. The first-order chi connectivity index (χ1) is 41.0. The Bertz CT molecular complexity index is 1700. The first-order valence-electron chi connectivity index (χ1n) is 35.0. The van der Waals surface area contributed by atoms with Crippen molar-refractivity contribution >= 4 is 17.9 Å². The highest BCUT2D eigenvalue weighted by Crippen LogP contribution is 2.16. The summed E-state index contributed by atoms with van der Waals surface area (Å²) in [6.45, 7) is 6.50. The summed E-state index contributed by atoms with van der Waals surface area (Å²) in [4.78, 5) is 38.5. The Morgan fingerprint density at radius 1 is 0.253 bits per heavy atom. The number of carbonyl (C=O) groups is 3. The highest BCUT2D eigenvalue weighted by molar-refractivity contribution is 5.71. The van der Waals surface area contributed by atoms with E-state index >= 15 is 0 Å². The van der Waals surface area contributed by atoms with E-state index in [0.29, 0.717) is 19.3 Å². The number of hydrogen-bond donors (Lipinski definition) is 0. The predicted octanol–water partition coefficient (Wildman–Crippen LogP) is 24.3. The van der Waals surface area contributed by atoms with Crippen molar-refractivity contribution in [3.8, 4) is 0 Å². The summed E-state index contributed by atoms with van der Waals surface area (Å²) in [6.07, 6.45) is 97.8. The number of ether oxygens (including phenoxy) is 3. The maximum atomic E-state index is 13.0. The van der Waals surface area contributed by atoms with Crippen molar-refractivity contribution in [2.24, 2.45) is 0 Å². The lowest BCUT2D eigenvalue weighted by molar-refractivity contribution is -0.167. The summed E-state index contributed by atoms with van der Waals surface area (Å²) >= 11 is 0. The van der Waals surface area contributed by atoms with Crippen LogP contribution in [0.25, 0.3) is 0 Å². The zero-order valence-electron chi connectivity index (χ0n) is 54.4. The van der Waals surface area contributed by atoms with E-state index in [2.05, 4.69) is 142 Å². The molecule has 1 atom stereocenters. The zero-order chi connectivity index (χ0) is 59.9. The van der Waals surface area contributed by atoms with E-state index in [-0.39, 0.29) is 31.1 Å². The fourth-order valence-corrected chi connectivity index (χ4v) is 9.68. The van der Waals surface area contributed by atoms with E-state index in [9.17, 15) is 14.4 Å². The molecule has 0 N–H and O–H groups in total. The SMILES string of the molecule is CC/C=C\C/C=C\C/C=C\C/C=C\C/C=C\C/C=C\C/C=C\CCCCCCCC(=O)OCC(COC(=O)CCCCCCC/C=C\C/C=C\CCCCC)OC(=O)CCCCCCCCCCCCC/C=C\CCCCCCCCCC. The molecule has 0 fully saturated rings. The summed E-state index contributed by atoms with van der Waals surface area (Å²) in [5.74, 6) is -0.916. The van der Waals surface area contributed by atoms with Crippen molar-refractivity contribution in [3.63, 3.8) is 0 Å². The maximum absolute atomic E-state index is 13.0. The average Bonchev–Trinajstić information content (AvgIpc) is 3.49. The van der Waals surface area contributed by atoms with Crippen LogP contribution < -0.4 is 0 Å². The van der Waals surface area contributed by atoms with Crippen LogP contribution >= 0.6 is 0 Å². The van der Waals surface area contributed by atoms with E-state index in [0.717, 1.165) is 148 Å². The lowest BCUT2D eigenvalue weighted by Gasteiger charge is -2.18. The molecule has 0 saturated heterocycles. The van der Waals surface area contributed by atoms with Gasteiger partial charge in [-0.3, -0.25) is 14.4 Å². The van der Waals surface area contributed by atoms with Crippen molar-refractivity contribution in [1.82, 2.24) is 0 Å². The van der Waals surface area contributed by atoms with Crippen LogP contribution in [0, 0.1) is 0 Å². The van der Waals surface area contributed by atoms with E-state index in [1.807, 2.05) is 0 Å². The van der Waals surface area contributed by atoms with Crippen LogP contribution in [0.3, 0.4) is 0 Å². The summed E-state index contributed by atoms with van der Waals surface area (Å²) in [7, 11) is 0. The van der Waals surface area contributed by atoms with Gasteiger partial charge in [0.15, 0.2) is 6.10 Å². The minimum atomic E-state index is -0.798. The second-order valence-electron chi connectivity index (χ2n) is 23.1. The van der Waals surface area contributed by atoms with Gasteiger partial charge in [0.25, 0.3) is 0 Å². The van der Waals surface area contributed by atoms with E-state index in [1.165, 1.54) is 141 Å². The molecule has 0 amide bonds. The van der Waals surface area contributed by atoms with Crippen LogP contribution in [-0.2, 0) is 28.6 Å². The molecule has 474 valence electrons. The predicted molar refractivity (Wildman–Crippen MR) is 362 cm³/mol. The molecule has 0 radical (unpaired) electrons. The number of unbranched alkanes of at least 4 members (excludes halogenated alkanes) is 32. The van der Waals surface area contributed by atoms with E-state index in [4.69, 9.17) is 14.2 Å². The van der Waals surface area contributed by atoms with Crippen LogP contribution in [0.2, 0.25) is 0 Å². The molecule has 0 spiro atoms. The van der Waals surface area contributed by atoms with Gasteiger partial charge in [0.1, 0.15) is 13.2 Å². The van der Waals surface area contributed by atoms with Gasteiger partial charge in [0, 0.05) is 19.3 Å². The van der Waals surface area contributed by atoms with Gasteiger partial charge in [-0.05, 0) is 135 Å². The summed E-state index contributed by atoms with van der Waals surface area (Å²) < 4.78 is 17.0. The van der Waals surface area contributed by atoms with Crippen LogP contribution in [0.4, 0.5) is 0 Å². The molecular weight excluding hydrogens is 1020 g/mol. The van der Waals surface area contributed by atoms with E-state index in [1.54, 1.807) is 0 Å². The van der Waals surface area contributed by atoms with Crippen molar-refractivity contribution in [3.05, 3.63) is 122 Å². The fraction of sp³-hybridized carbons (Fsp3) is 0.701. The smallest absolute Gasteiger partial charge is 0.306 e. The molecule has 0 aliphatic heterocycles. The molecule has 0 aromatic heterocycles. The van der Waals surface area contributed by atoms with Crippen molar-refractivity contribution in [2.75, 3.05) is 13.2 Å². The van der Waals surface area contributed by atoms with Crippen molar-refractivity contribution in [1.29, 1.82) is 0 Å². The summed E-state index contributed by atoms with van der Waals surface area (Å²) in [5, 5.41) is 0. The first-order valence-corrected chi connectivity index (χ1v) is 35.0. The third-order valence-corrected chi connectivity index (χ3v) is 14.9. The molecule has 0 aliphatic carbocycles. The Labute approximate surface area is 513 Å². The number of allylic oxidation sites excluding steroid dienone is 20. The second-order valence-corrected chi connectivity index (χ2v) is 23.1. The Morgan fingerprint density at radius 2 is 0.470 bits per heavy atom. The largest absolute Gasteiger partial charge is 0.462 e. The monoisotopic (exact) mass is 1150 g/mol. The molecule has 6 heteroatoms. The molecule has 0 aromatic rings. The first kappa shape index (κ1) is 78.8. The second kappa shape index (κ2) is 70.3. The number of hydrogen-bond acceptors (Lipinski definition) is 6. The van der Waals surface area contributed by atoms with Crippen LogP contribution in [-0.4, -0.2) is 37.2 Å². The van der Waals surface area contributed by atoms with Crippen LogP contribution in [0.1, 0.15) is 329 Å². The molecular formula is C77H130O6. The molecule has 0 aromatic carbocycles. The lowest BCUT2D eigenvalue weighted by Crippen LogP contribution is -2.30. The Morgan fingerprint density at radius 3 is 0.771 bits per heavy atom. The zero-order valence-corrected chi connectivity index (χ0v) is 54.4. The molecule has 83 heavy (non-hydrogen) atoms. The van der Waals surface area contributed by atoms with Crippen molar-refractivity contribution in [2.45, 2.75) is 335 Å². The molecule has 1 unspecified atom stereocenters. The Balaban J connectivity index is 4.40. The molecule has 6 nitrogen and oxygen atoms in total. The molecule has 0 bridgehead atoms. The van der Waals surface area contributed by atoms with Gasteiger partial charge in [0.05, 0.1) is 0 Å². The minimum Gasteiger partial charge on any atom is -0.462 e. The van der Waals surface area contributed by atoms with Crippen LogP contribution in [0.15, 0.2) is 122 Å². The number of carbonyl (C=O) groups excluding carboxylic acids is 3. The minimum absolute atomic E-state index is 0.0929. The maximum Gasteiger partial charge on any atom is 0.306 e. The third kappa shape index (κ3) is 68.5. The van der Waals surface area contributed by atoms with Gasteiger partial charge in [-0.15, -0.1) is 0 Å². The van der Waals surface area contributed by atoms with Gasteiger partial charge in [0.2, 0.25) is 0 Å². The molecule has 0 aliphatic rings. The Hall–Kier alpha value is -4.19. The molecule has 0 rings (SSSR count). The van der Waals surface area contributed by atoms with E-state index < -0.39 is 6.10 Å². The van der Waals surface area contributed by atoms with Gasteiger partial charge >= 0.3 is 17.9 Å². The summed E-state index contributed by atoms with van der Waals surface area (Å²) in [6, 6.07) is 0. The Kier molecular flexibility index (Phi) is 66.7. The highest BCUT2D eigenvalue weighted by Gasteiger charge is 2.19. The quantitative estimate of drug-likeness (QED) is 0.0261. The van der Waals surface area contributed by atoms with Gasteiger partial charge in [-0.2, -0.15) is 0 Å². The van der Waals surface area contributed by atoms with Gasteiger partial charge in [-0.25, -0.2) is 0 Å². The average molecular weight is 1150 g/mol. The van der Waals surface area contributed by atoms with Gasteiger partial charge < -0.3 is 14.2 Å². The standard InChI is InChI=1S/C77H130O6/c1-4-7-10-13-16-19-22-25-28-30-32-34-36-37-38-39-41-42-44-46-49-52-55-58-61-64-67-70-76(79)82-73-74(72-81-75(78)69-66-63-60-57-54-51-48-27-24-21-18-15-12-9-6-3)83-77(80)71-68-65-62-59-56-53-50-47-45-43-40-35-33-31-29-26-23-20-17-14-11-8-5-2/h7,10,16,18-19,21,25,27-28,31-34,37-38,41-42,46,48-49,74H,4-6,8-9,11-15,17,20,22-24,26,29-30,35-36,39-40,43-45,47,50-73H2,1-3H3/b10-7-,19-16-,21-18-,28-25-,33-31-,34-32-,38-37-,42-41-,48-27-,49-46-. The lowest BCUT2D eigenvalue weighted by atomic mass is 10.0. The molecule has 0 heterocycles. The highest BCUT2D eigenvalue weighted by atomic mass is 16.6. The molecule has 0 saturated carbocycles. The normalized spacial score (nSPS) is 12.9. The van der Waals surface area contributed by atoms with Gasteiger partial charge in [-0.1, -0.05) is 296 Å². The van der Waals surface area contributed by atoms with Crippen molar-refractivity contribution < 1.29 is 28.6 Å². The third-order valence-electron chi connectivity index (χ3n) is 14.9.